The molecule has 1 aliphatic carbocycles. The van der Waals surface area contributed by atoms with Crippen LogP contribution in [0.15, 0.2) is 42.6 Å². The van der Waals surface area contributed by atoms with E-state index in [0.717, 1.165) is 12.8 Å². The van der Waals surface area contributed by atoms with Gasteiger partial charge in [0.15, 0.2) is 11.5 Å². The largest absolute Gasteiger partial charge is 0.489 e. The number of anilines is 1. The van der Waals surface area contributed by atoms with Crippen LogP contribution in [0.1, 0.15) is 23.2 Å². The molecule has 0 spiro atoms. The third-order valence-corrected chi connectivity index (χ3v) is 3.88. The van der Waals surface area contributed by atoms with Gasteiger partial charge >= 0.3 is 6.61 Å². The molecule has 0 radical (unpaired) electrons. The summed E-state index contributed by atoms with van der Waals surface area (Å²) in [7, 11) is 1.60. The first-order valence-corrected chi connectivity index (χ1v) is 7.95. The average molecular weight is 348 g/mol. The Kier molecular flexibility index (Phi) is 5.11. The molecule has 1 amide bonds. The summed E-state index contributed by atoms with van der Waals surface area (Å²) in [6.45, 7) is -2.53. The molecule has 0 bridgehead atoms. The fourth-order valence-electron chi connectivity index (χ4n) is 2.29. The normalized spacial score (nSPS) is 13.6. The summed E-state index contributed by atoms with van der Waals surface area (Å²) in [5, 5.41) is 0. The summed E-state index contributed by atoms with van der Waals surface area (Å²) >= 11 is 0. The van der Waals surface area contributed by atoms with Gasteiger partial charge in [0.2, 0.25) is 0 Å². The lowest BCUT2D eigenvalue weighted by Crippen LogP contribution is -2.27. The van der Waals surface area contributed by atoms with Gasteiger partial charge in [0.25, 0.3) is 5.91 Å². The minimum Gasteiger partial charge on any atom is -0.489 e. The van der Waals surface area contributed by atoms with Crippen LogP contribution >= 0.6 is 0 Å². The van der Waals surface area contributed by atoms with Gasteiger partial charge in [-0.1, -0.05) is 6.07 Å². The van der Waals surface area contributed by atoms with Crippen LogP contribution in [-0.4, -0.2) is 31.2 Å². The second-order valence-electron chi connectivity index (χ2n) is 5.85. The SMILES string of the molecule is CN(C(=O)c1ccc(OC(F)F)c(OCC2CC2)c1)c1ccccn1. The number of hydrogen-bond donors (Lipinski definition) is 0. The van der Waals surface area contributed by atoms with Gasteiger partial charge in [0, 0.05) is 18.8 Å². The number of rotatable bonds is 7. The zero-order valence-corrected chi connectivity index (χ0v) is 13.7. The molecule has 3 rings (SSSR count). The highest BCUT2D eigenvalue weighted by molar-refractivity contribution is 6.05. The van der Waals surface area contributed by atoms with Gasteiger partial charge in [0.05, 0.1) is 6.61 Å². The molecule has 2 aromatic rings. The zero-order valence-electron chi connectivity index (χ0n) is 13.7. The second kappa shape index (κ2) is 7.46. The van der Waals surface area contributed by atoms with Gasteiger partial charge in [-0.05, 0) is 49.1 Å². The number of carbonyl (C=O) groups is 1. The number of carbonyl (C=O) groups excluding carboxylic acids is 1. The highest BCUT2D eigenvalue weighted by Gasteiger charge is 2.24. The van der Waals surface area contributed by atoms with E-state index >= 15 is 0 Å². The Balaban J connectivity index is 1.82. The molecule has 0 atom stereocenters. The molecule has 0 saturated heterocycles. The van der Waals surface area contributed by atoms with E-state index in [9.17, 15) is 13.6 Å². The Labute approximate surface area is 144 Å². The van der Waals surface area contributed by atoms with Crippen LogP contribution in [0.2, 0.25) is 0 Å². The van der Waals surface area contributed by atoms with Crippen molar-refractivity contribution in [2.24, 2.45) is 5.92 Å². The first kappa shape index (κ1) is 17.1. The quantitative estimate of drug-likeness (QED) is 0.765. The summed E-state index contributed by atoms with van der Waals surface area (Å²) in [5.41, 5.74) is 0.306. The molecule has 1 heterocycles. The van der Waals surface area contributed by atoms with Crippen molar-refractivity contribution >= 4 is 11.7 Å². The summed E-state index contributed by atoms with van der Waals surface area (Å²) in [4.78, 5) is 18.1. The lowest BCUT2D eigenvalue weighted by molar-refractivity contribution is -0.0515. The Bertz CT molecular complexity index is 736. The van der Waals surface area contributed by atoms with Crippen LogP contribution in [0.5, 0.6) is 11.5 Å². The number of nitrogens with zero attached hydrogens (tertiary/aromatic N) is 2. The van der Waals surface area contributed by atoms with Crippen molar-refractivity contribution in [3.05, 3.63) is 48.2 Å². The summed E-state index contributed by atoms with van der Waals surface area (Å²) in [5.74, 6) is 0.675. The molecule has 0 N–H and O–H groups in total. The van der Waals surface area contributed by atoms with Crippen molar-refractivity contribution in [2.45, 2.75) is 19.5 Å². The summed E-state index contributed by atoms with van der Waals surface area (Å²) in [6, 6.07) is 9.42. The average Bonchev–Trinajstić information content (AvgIpc) is 3.44. The molecule has 1 aromatic heterocycles. The first-order valence-electron chi connectivity index (χ1n) is 7.95. The van der Waals surface area contributed by atoms with Crippen LogP contribution < -0.4 is 14.4 Å². The Hall–Kier alpha value is -2.70. The number of ether oxygens (including phenoxy) is 2. The minimum atomic E-state index is -2.96. The third-order valence-electron chi connectivity index (χ3n) is 3.88. The molecule has 25 heavy (non-hydrogen) atoms. The molecule has 1 saturated carbocycles. The van der Waals surface area contributed by atoms with E-state index in [4.69, 9.17) is 4.74 Å². The molecule has 132 valence electrons. The maximum atomic E-state index is 12.6. The number of pyridine rings is 1. The smallest absolute Gasteiger partial charge is 0.387 e. The fraction of sp³-hybridized carbons (Fsp3) is 0.333. The molecule has 7 heteroatoms. The monoisotopic (exact) mass is 348 g/mol. The number of benzene rings is 1. The van der Waals surface area contributed by atoms with Crippen LogP contribution in [0.3, 0.4) is 0 Å². The molecule has 0 unspecified atom stereocenters. The number of hydrogen-bond acceptors (Lipinski definition) is 4. The Morgan fingerprint density at radius 1 is 1.28 bits per heavy atom. The van der Waals surface area contributed by atoms with Gasteiger partial charge < -0.3 is 9.47 Å². The van der Waals surface area contributed by atoms with Crippen molar-refractivity contribution < 1.29 is 23.0 Å². The highest BCUT2D eigenvalue weighted by Crippen LogP contribution is 2.34. The molecular weight excluding hydrogens is 330 g/mol. The molecule has 1 aliphatic rings. The topological polar surface area (TPSA) is 51.7 Å². The molecular formula is C18H18F2N2O3. The predicted molar refractivity (Wildman–Crippen MR) is 88.3 cm³/mol. The van der Waals surface area contributed by atoms with E-state index in [1.807, 2.05) is 0 Å². The van der Waals surface area contributed by atoms with E-state index < -0.39 is 6.61 Å². The minimum absolute atomic E-state index is 0.0762. The number of halogens is 2. The standard InChI is InChI=1S/C18H18F2N2O3/c1-22(16-4-2-3-9-21-16)17(23)13-7-8-14(25-18(19)20)15(10-13)24-11-12-5-6-12/h2-4,7-10,12,18H,5-6,11H2,1H3. The van der Waals surface area contributed by atoms with Crippen molar-refractivity contribution in [2.75, 3.05) is 18.6 Å². The molecule has 1 fully saturated rings. The van der Waals surface area contributed by atoms with Crippen molar-refractivity contribution in [3.8, 4) is 11.5 Å². The maximum Gasteiger partial charge on any atom is 0.387 e. The number of alkyl halides is 2. The van der Waals surface area contributed by atoms with E-state index in [2.05, 4.69) is 9.72 Å². The highest BCUT2D eigenvalue weighted by atomic mass is 19.3. The molecule has 0 aliphatic heterocycles. The zero-order chi connectivity index (χ0) is 17.8. The maximum absolute atomic E-state index is 12.6. The van der Waals surface area contributed by atoms with Gasteiger partial charge in [-0.15, -0.1) is 0 Å². The molecule has 1 aromatic carbocycles. The first-order chi connectivity index (χ1) is 12.0. The van der Waals surface area contributed by atoms with Crippen LogP contribution in [0.4, 0.5) is 14.6 Å². The lowest BCUT2D eigenvalue weighted by Gasteiger charge is -2.18. The number of amides is 1. The molecule has 5 nitrogen and oxygen atoms in total. The Morgan fingerprint density at radius 2 is 2.08 bits per heavy atom. The predicted octanol–water partition coefficient (Wildman–Crippen LogP) is 3.75. The lowest BCUT2D eigenvalue weighted by atomic mass is 10.1. The summed E-state index contributed by atoms with van der Waals surface area (Å²) < 4.78 is 35.2. The van der Waals surface area contributed by atoms with Gasteiger partial charge in [0.1, 0.15) is 5.82 Å². The number of aromatic nitrogens is 1. The summed E-state index contributed by atoms with van der Waals surface area (Å²) in [6.07, 6.45) is 3.71. The fourth-order valence-corrected chi connectivity index (χ4v) is 2.29. The van der Waals surface area contributed by atoms with Crippen LogP contribution in [0.25, 0.3) is 0 Å². The van der Waals surface area contributed by atoms with Crippen molar-refractivity contribution in [3.63, 3.8) is 0 Å². The van der Waals surface area contributed by atoms with E-state index in [0.29, 0.717) is 23.9 Å². The van der Waals surface area contributed by atoms with E-state index in [1.54, 1.807) is 31.4 Å². The van der Waals surface area contributed by atoms with E-state index in [-0.39, 0.29) is 17.4 Å². The van der Waals surface area contributed by atoms with E-state index in [1.165, 1.54) is 23.1 Å². The van der Waals surface area contributed by atoms with Crippen molar-refractivity contribution in [1.29, 1.82) is 0 Å². The Morgan fingerprint density at radius 3 is 2.72 bits per heavy atom. The van der Waals surface area contributed by atoms with Crippen LogP contribution in [0, 0.1) is 5.92 Å². The third kappa shape index (κ3) is 4.43. The van der Waals surface area contributed by atoms with Gasteiger partial charge in [-0.25, -0.2) is 4.98 Å². The second-order valence-corrected chi connectivity index (χ2v) is 5.85. The van der Waals surface area contributed by atoms with Crippen LogP contribution in [-0.2, 0) is 0 Å². The van der Waals surface area contributed by atoms with Crippen molar-refractivity contribution in [1.82, 2.24) is 4.98 Å². The van der Waals surface area contributed by atoms with Gasteiger partial charge in [-0.3, -0.25) is 9.69 Å². The van der Waals surface area contributed by atoms with Gasteiger partial charge in [-0.2, -0.15) is 8.78 Å².